The van der Waals surface area contributed by atoms with Crippen LogP contribution in [0.4, 0.5) is 0 Å². The lowest BCUT2D eigenvalue weighted by atomic mass is 9.98. The normalized spacial score (nSPS) is 12.5. The molecule has 0 spiro atoms. The Kier molecular flexibility index (Phi) is 5.03. The standard InChI is InChI=1S/C14H21NO/c1-11(2)14(16)15-10-9-12(3)13-7-5-4-6-8-13/h4-8,11-12H,9-10H2,1-3H3,(H,15,16). The van der Waals surface area contributed by atoms with E-state index < -0.39 is 0 Å². The zero-order chi connectivity index (χ0) is 12.0. The van der Waals surface area contributed by atoms with E-state index >= 15 is 0 Å². The van der Waals surface area contributed by atoms with Crippen LogP contribution in [0, 0.1) is 5.92 Å². The first-order chi connectivity index (χ1) is 7.61. The predicted molar refractivity (Wildman–Crippen MR) is 67.3 cm³/mol. The molecule has 16 heavy (non-hydrogen) atoms. The molecule has 1 unspecified atom stereocenters. The first-order valence-corrected chi connectivity index (χ1v) is 5.94. The summed E-state index contributed by atoms with van der Waals surface area (Å²) in [7, 11) is 0. The van der Waals surface area contributed by atoms with Gasteiger partial charge >= 0.3 is 0 Å². The van der Waals surface area contributed by atoms with Gasteiger partial charge in [0.15, 0.2) is 0 Å². The van der Waals surface area contributed by atoms with Crippen LogP contribution in [0.3, 0.4) is 0 Å². The number of benzene rings is 1. The van der Waals surface area contributed by atoms with Crippen molar-refractivity contribution in [3.05, 3.63) is 35.9 Å². The van der Waals surface area contributed by atoms with Gasteiger partial charge in [-0.15, -0.1) is 0 Å². The molecule has 1 aromatic rings. The molecule has 1 amide bonds. The summed E-state index contributed by atoms with van der Waals surface area (Å²) < 4.78 is 0. The van der Waals surface area contributed by atoms with Crippen LogP contribution >= 0.6 is 0 Å². The first kappa shape index (κ1) is 12.8. The van der Waals surface area contributed by atoms with Crippen LogP contribution in [0.5, 0.6) is 0 Å². The highest BCUT2D eigenvalue weighted by molar-refractivity contribution is 5.77. The highest BCUT2D eigenvalue weighted by Crippen LogP contribution is 2.17. The monoisotopic (exact) mass is 219 g/mol. The molecule has 1 aromatic carbocycles. The Balaban J connectivity index is 2.31. The lowest BCUT2D eigenvalue weighted by Crippen LogP contribution is -2.29. The Morgan fingerprint density at radius 3 is 2.38 bits per heavy atom. The van der Waals surface area contributed by atoms with Crippen LogP contribution < -0.4 is 5.32 Å². The molecule has 0 aliphatic carbocycles. The molecule has 1 atom stereocenters. The molecule has 1 N–H and O–H groups in total. The Morgan fingerprint density at radius 1 is 1.19 bits per heavy atom. The third-order valence-electron chi connectivity index (χ3n) is 2.77. The van der Waals surface area contributed by atoms with Crippen LogP contribution in [-0.2, 0) is 4.79 Å². The van der Waals surface area contributed by atoms with Crippen LogP contribution in [0.1, 0.15) is 38.7 Å². The van der Waals surface area contributed by atoms with E-state index in [2.05, 4.69) is 36.5 Å². The highest BCUT2D eigenvalue weighted by atomic mass is 16.1. The van der Waals surface area contributed by atoms with Gasteiger partial charge in [-0.25, -0.2) is 0 Å². The van der Waals surface area contributed by atoms with Gasteiger partial charge in [-0.2, -0.15) is 0 Å². The molecule has 0 aromatic heterocycles. The van der Waals surface area contributed by atoms with Crippen molar-refractivity contribution < 1.29 is 4.79 Å². The smallest absolute Gasteiger partial charge is 0.222 e. The summed E-state index contributed by atoms with van der Waals surface area (Å²) in [6.07, 6.45) is 0.989. The molecule has 0 heterocycles. The number of hydrogen-bond acceptors (Lipinski definition) is 1. The van der Waals surface area contributed by atoms with Gasteiger partial charge in [-0.1, -0.05) is 51.1 Å². The van der Waals surface area contributed by atoms with E-state index in [9.17, 15) is 4.79 Å². The topological polar surface area (TPSA) is 29.1 Å². The van der Waals surface area contributed by atoms with E-state index in [-0.39, 0.29) is 11.8 Å². The van der Waals surface area contributed by atoms with Gasteiger partial charge in [0.25, 0.3) is 0 Å². The minimum atomic E-state index is 0.0760. The quantitative estimate of drug-likeness (QED) is 0.810. The maximum absolute atomic E-state index is 11.3. The molecule has 0 fully saturated rings. The zero-order valence-electron chi connectivity index (χ0n) is 10.4. The third-order valence-corrected chi connectivity index (χ3v) is 2.77. The summed E-state index contributed by atoms with van der Waals surface area (Å²) in [5.74, 6) is 0.709. The molecular formula is C14H21NO. The van der Waals surface area contributed by atoms with Crippen molar-refractivity contribution >= 4 is 5.91 Å². The Labute approximate surface area is 98.1 Å². The van der Waals surface area contributed by atoms with E-state index in [0.29, 0.717) is 5.92 Å². The van der Waals surface area contributed by atoms with Crippen LogP contribution in [0.15, 0.2) is 30.3 Å². The number of rotatable bonds is 5. The molecule has 2 heteroatoms. The van der Waals surface area contributed by atoms with Crippen molar-refractivity contribution in [1.82, 2.24) is 5.32 Å². The third kappa shape index (κ3) is 4.05. The largest absolute Gasteiger partial charge is 0.356 e. The van der Waals surface area contributed by atoms with Crippen molar-refractivity contribution in [3.63, 3.8) is 0 Å². The maximum atomic E-state index is 11.3. The fourth-order valence-electron chi connectivity index (χ4n) is 1.56. The molecule has 1 rings (SSSR count). The van der Waals surface area contributed by atoms with E-state index in [1.807, 2.05) is 19.9 Å². The predicted octanol–water partition coefficient (Wildman–Crippen LogP) is 2.95. The minimum Gasteiger partial charge on any atom is -0.356 e. The first-order valence-electron chi connectivity index (χ1n) is 5.94. The Bertz CT molecular complexity index is 319. The summed E-state index contributed by atoms with van der Waals surface area (Å²) in [6, 6.07) is 10.4. The van der Waals surface area contributed by atoms with Crippen molar-refractivity contribution in [2.45, 2.75) is 33.1 Å². The van der Waals surface area contributed by atoms with Gasteiger partial charge in [-0.05, 0) is 17.9 Å². The Morgan fingerprint density at radius 2 is 1.81 bits per heavy atom. The number of amides is 1. The lowest BCUT2D eigenvalue weighted by molar-refractivity contribution is -0.123. The second kappa shape index (κ2) is 6.31. The van der Waals surface area contributed by atoms with Crippen LogP contribution in [0.2, 0.25) is 0 Å². The lowest BCUT2D eigenvalue weighted by Gasteiger charge is -2.13. The molecule has 88 valence electrons. The van der Waals surface area contributed by atoms with Gasteiger partial charge in [0.05, 0.1) is 0 Å². The van der Waals surface area contributed by atoms with E-state index in [1.54, 1.807) is 0 Å². The van der Waals surface area contributed by atoms with E-state index in [4.69, 9.17) is 0 Å². The molecule has 0 saturated carbocycles. The minimum absolute atomic E-state index is 0.0760. The highest BCUT2D eigenvalue weighted by Gasteiger charge is 2.08. The van der Waals surface area contributed by atoms with Crippen LogP contribution in [-0.4, -0.2) is 12.5 Å². The fraction of sp³-hybridized carbons (Fsp3) is 0.500. The van der Waals surface area contributed by atoms with Crippen molar-refractivity contribution in [2.24, 2.45) is 5.92 Å². The van der Waals surface area contributed by atoms with Crippen LogP contribution in [0.25, 0.3) is 0 Å². The summed E-state index contributed by atoms with van der Waals surface area (Å²) in [5.41, 5.74) is 1.33. The van der Waals surface area contributed by atoms with E-state index in [0.717, 1.165) is 13.0 Å². The summed E-state index contributed by atoms with van der Waals surface area (Å²) >= 11 is 0. The number of carbonyl (C=O) groups excluding carboxylic acids is 1. The van der Waals surface area contributed by atoms with Crippen molar-refractivity contribution in [2.75, 3.05) is 6.54 Å². The van der Waals surface area contributed by atoms with Crippen molar-refractivity contribution in [1.29, 1.82) is 0 Å². The van der Waals surface area contributed by atoms with Gasteiger partial charge in [0.1, 0.15) is 0 Å². The van der Waals surface area contributed by atoms with Gasteiger partial charge in [0, 0.05) is 12.5 Å². The fourth-order valence-corrected chi connectivity index (χ4v) is 1.56. The summed E-state index contributed by atoms with van der Waals surface area (Å²) in [5, 5.41) is 2.94. The molecule has 0 bridgehead atoms. The maximum Gasteiger partial charge on any atom is 0.222 e. The molecule has 0 aliphatic heterocycles. The number of nitrogens with one attached hydrogen (secondary N) is 1. The molecular weight excluding hydrogens is 198 g/mol. The van der Waals surface area contributed by atoms with Gasteiger partial charge in [-0.3, -0.25) is 4.79 Å². The molecule has 0 saturated heterocycles. The average molecular weight is 219 g/mol. The summed E-state index contributed by atoms with van der Waals surface area (Å²) in [6.45, 7) is 6.77. The number of hydrogen-bond donors (Lipinski definition) is 1. The average Bonchev–Trinajstić information content (AvgIpc) is 2.29. The molecule has 0 aliphatic rings. The van der Waals surface area contributed by atoms with E-state index in [1.165, 1.54) is 5.56 Å². The SMILES string of the molecule is CC(C)C(=O)NCCC(C)c1ccccc1. The second-order valence-corrected chi connectivity index (χ2v) is 4.55. The molecule has 0 radical (unpaired) electrons. The summed E-state index contributed by atoms with van der Waals surface area (Å²) in [4.78, 5) is 11.3. The van der Waals surface area contributed by atoms with Gasteiger partial charge in [0.2, 0.25) is 5.91 Å². The number of carbonyl (C=O) groups is 1. The molecule has 2 nitrogen and oxygen atoms in total. The van der Waals surface area contributed by atoms with Crippen molar-refractivity contribution in [3.8, 4) is 0 Å². The van der Waals surface area contributed by atoms with Gasteiger partial charge < -0.3 is 5.32 Å². The zero-order valence-corrected chi connectivity index (χ0v) is 10.4. The second-order valence-electron chi connectivity index (χ2n) is 4.55. The Hall–Kier alpha value is -1.31.